The third-order valence-electron chi connectivity index (χ3n) is 2.68. The van der Waals surface area contributed by atoms with Gasteiger partial charge in [-0.3, -0.25) is 4.79 Å². The van der Waals surface area contributed by atoms with Crippen molar-refractivity contribution in [1.82, 2.24) is 5.32 Å². The largest absolute Gasteiger partial charge is 0.391 e. The molecule has 2 N–H and O–H groups in total. The maximum Gasteiger partial charge on any atom is 0.280 e. The number of amides is 1. The van der Waals surface area contributed by atoms with E-state index >= 15 is 0 Å². The van der Waals surface area contributed by atoms with E-state index in [1.807, 2.05) is 0 Å². The molecule has 0 aromatic rings. The molecule has 0 aromatic carbocycles. The minimum Gasteiger partial charge on any atom is -0.391 e. The summed E-state index contributed by atoms with van der Waals surface area (Å²) in [7, 11) is 0. The lowest BCUT2D eigenvalue weighted by Crippen LogP contribution is -2.45. The van der Waals surface area contributed by atoms with Crippen molar-refractivity contribution in [3.8, 4) is 0 Å². The van der Waals surface area contributed by atoms with Gasteiger partial charge in [-0.25, -0.2) is 4.39 Å². The average Bonchev–Trinajstić information content (AvgIpc) is 2.20. The summed E-state index contributed by atoms with van der Waals surface area (Å²) in [6.07, 6.45) is 2.81. The third kappa shape index (κ3) is 3.30. The Hall–Kier alpha value is -0.900. The van der Waals surface area contributed by atoms with Gasteiger partial charge in [-0.05, 0) is 32.3 Å². The Kier molecular flexibility index (Phi) is 4.27. The molecule has 0 aromatic heterocycles. The number of hydrogen-bond acceptors (Lipinski definition) is 2. The first-order chi connectivity index (χ1) is 7.02. The summed E-state index contributed by atoms with van der Waals surface area (Å²) in [5, 5.41) is 12.1. The van der Waals surface area contributed by atoms with Gasteiger partial charge in [0.1, 0.15) is 0 Å². The Balaban J connectivity index is 2.54. The number of carbonyl (C=O) groups is 1. The first kappa shape index (κ1) is 12.2. The molecular formula is C11H18FNO2. The second-order valence-corrected chi connectivity index (χ2v) is 4.25. The summed E-state index contributed by atoms with van der Waals surface area (Å²) in [5.41, 5.74) is 0.359. The van der Waals surface area contributed by atoms with E-state index in [0.717, 1.165) is 19.3 Å². The van der Waals surface area contributed by atoms with Crippen LogP contribution in [0.4, 0.5) is 4.39 Å². The highest BCUT2D eigenvalue weighted by Gasteiger charge is 2.25. The van der Waals surface area contributed by atoms with Crippen LogP contribution in [0.25, 0.3) is 0 Å². The molecule has 0 heterocycles. The molecule has 4 heteroatoms. The van der Waals surface area contributed by atoms with Gasteiger partial charge in [0.25, 0.3) is 5.91 Å². The van der Waals surface area contributed by atoms with Gasteiger partial charge in [-0.1, -0.05) is 12.8 Å². The molecule has 15 heavy (non-hydrogen) atoms. The van der Waals surface area contributed by atoms with Crippen molar-refractivity contribution in [3.63, 3.8) is 0 Å². The van der Waals surface area contributed by atoms with E-state index in [-0.39, 0.29) is 6.04 Å². The van der Waals surface area contributed by atoms with E-state index in [0.29, 0.717) is 12.0 Å². The zero-order valence-corrected chi connectivity index (χ0v) is 9.22. The maximum atomic E-state index is 13.2. The Morgan fingerprint density at radius 3 is 2.47 bits per heavy atom. The molecule has 1 aliphatic carbocycles. The van der Waals surface area contributed by atoms with Crippen LogP contribution >= 0.6 is 0 Å². The van der Waals surface area contributed by atoms with Gasteiger partial charge in [0.2, 0.25) is 0 Å². The fourth-order valence-electron chi connectivity index (χ4n) is 1.74. The van der Waals surface area contributed by atoms with Crippen molar-refractivity contribution in [2.45, 2.75) is 51.7 Å². The van der Waals surface area contributed by atoms with Crippen LogP contribution in [0.15, 0.2) is 11.4 Å². The van der Waals surface area contributed by atoms with Crippen LogP contribution < -0.4 is 5.32 Å². The second-order valence-electron chi connectivity index (χ2n) is 4.25. The fourth-order valence-corrected chi connectivity index (χ4v) is 1.74. The lowest BCUT2D eigenvalue weighted by Gasteiger charge is -2.28. The van der Waals surface area contributed by atoms with Gasteiger partial charge in [-0.15, -0.1) is 0 Å². The minimum atomic E-state index is -0.743. The van der Waals surface area contributed by atoms with E-state index in [2.05, 4.69) is 5.32 Å². The van der Waals surface area contributed by atoms with Crippen molar-refractivity contribution in [2.75, 3.05) is 0 Å². The predicted molar refractivity (Wildman–Crippen MR) is 55.9 cm³/mol. The van der Waals surface area contributed by atoms with Gasteiger partial charge < -0.3 is 10.4 Å². The molecule has 1 fully saturated rings. The predicted octanol–water partition coefficient (Wildman–Crippen LogP) is 1.67. The quantitative estimate of drug-likeness (QED) is 0.688. The highest BCUT2D eigenvalue weighted by atomic mass is 19.1. The van der Waals surface area contributed by atoms with Gasteiger partial charge in [0.15, 0.2) is 5.83 Å². The van der Waals surface area contributed by atoms with Crippen LogP contribution in [0, 0.1) is 0 Å². The summed E-state index contributed by atoms with van der Waals surface area (Å²) in [6.45, 7) is 3.10. The topological polar surface area (TPSA) is 49.3 Å². The number of halogens is 1. The van der Waals surface area contributed by atoms with Crippen LogP contribution in [0.3, 0.4) is 0 Å². The van der Waals surface area contributed by atoms with Crippen molar-refractivity contribution in [2.24, 2.45) is 0 Å². The lowest BCUT2D eigenvalue weighted by atomic mass is 9.92. The highest BCUT2D eigenvalue weighted by Crippen LogP contribution is 2.19. The molecule has 0 radical (unpaired) electrons. The first-order valence-corrected chi connectivity index (χ1v) is 5.34. The van der Waals surface area contributed by atoms with Crippen molar-refractivity contribution < 1.29 is 14.3 Å². The van der Waals surface area contributed by atoms with Gasteiger partial charge in [0, 0.05) is 0 Å². The van der Waals surface area contributed by atoms with E-state index in [4.69, 9.17) is 0 Å². The smallest absolute Gasteiger partial charge is 0.280 e. The normalized spacial score (nSPS) is 25.9. The fraction of sp³-hybridized carbons (Fsp3) is 0.727. The summed E-state index contributed by atoms with van der Waals surface area (Å²) in [4.78, 5) is 11.3. The second kappa shape index (κ2) is 5.26. The number of aliphatic hydroxyl groups is 1. The van der Waals surface area contributed by atoms with Gasteiger partial charge in [0.05, 0.1) is 12.1 Å². The molecule has 0 aliphatic heterocycles. The standard InChI is InChI=1S/C11H18FNO2/c1-7(2)10(12)11(15)13-8-5-3-4-6-9(8)14/h8-9,14H,3-6H2,1-2H3,(H,13,15). The number of allylic oxidation sites excluding steroid dienone is 1. The van der Waals surface area contributed by atoms with Crippen LogP contribution in [-0.2, 0) is 4.79 Å². The van der Waals surface area contributed by atoms with E-state index < -0.39 is 17.8 Å². The molecule has 0 bridgehead atoms. The number of hydrogen-bond donors (Lipinski definition) is 2. The molecule has 1 rings (SSSR count). The van der Waals surface area contributed by atoms with E-state index in [1.165, 1.54) is 0 Å². The molecule has 0 spiro atoms. The zero-order chi connectivity index (χ0) is 11.4. The highest BCUT2D eigenvalue weighted by molar-refractivity contribution is 5.92. The summed E-state index contributed by atoms with van der Waals surface area (Å²) >= 11 is 0. The molecule has 1 saturated carbocycles. The molecule has 2 unspecified atom stereocenters. The van der Waals surface area contributed by atoms with E-state index in [9.17, 15) is 14.3 Å². The van der Waals surface area contributed by atoms with E-state index in [1.54, 1.807) is 13.8 Å². The van der Waals surface area contributed by atoms with Gasteiger partial charge in [-0.2, -0.15) is 0 Å². The van der Waals surface area contributed by atoms with Crippen molar-refractivity contribution >= 4 is 5.91 Å². The summed E-state index contributed by atoms with van der Waals surface area (Å²) in [5.74, 6) is -1.45. The van der Waals surface area contributed by atoms with Crippen LogP contribution in [0.5, 0.6) is 0 Å². The molecule has 86 valence electrons. The Morgan fingerprint density at radius 1 is 1.33 bits per heavy atom. The molecule has 3 nitrogen and oxygen atoms in total. The maximum absolute atomic E-state index is 13.2. The molecule has 1 amide bonds. The van der Waals surface area contributed by atoms with Crippen molar-refractivity contribution in [3.05, 3.63) is 11.4 Å². The molecular weight excluding hydrogens is 197 g/mol. The Bertz CT molecular complexity index is 272. The van der Waals surface area contributed by atoms with Gasteiger partial charge >= 0.3 is 0 Å². The molecule has 2 atom stereocenters. The lowest BCUT2D eigenvalue weighted by molar-refractivity contribution is -0.120. The minimum absolute atomic E-state index is 0.295. The number of carbonyl (C=O) groups excluding carboxylic acids is 1. The third-order valence-corrected chi connectivity index (χ3v) is 2.68. The van der Waals surface area contributed by atoms with Crippen molar-refractivity contribution in [1.29, 1.82) is 0 Å². The van der Waals surface area contributed by atoms with Crippen LogP contribution in [-0.4, -0.2) is 23.2 Å². The Labute approximate surface area is 89.4 Å². The molecule has 0 saturated heterocycles. The average molecular weight is 215 g/mol. The number of aliphatic hydroxyl groups excluding tert-OH is 1. The van der Waals surface area contributed by atoms with Crippen LogP contribution in [0.1, 0.15) is 39.5 Å². The zero-order valence-electron chi connectivity index (χ0n) is 9.22. The summed E-state index contributed by atoms with van der Waals surface area (Å²) < 4.78 is 13.2. The number of nitrogens with one attached hydrogen (secondary N) is 1. The molecule has 1 aliphatic rings. The first-order valence-electron chi connectivity index (χ1n) is 5.34. The Morgan fingerprint density at radius 2 is 1.93 bits per heavy atom. The number of rotatable bonds is 2. The van der Waals surface area contributed by atoms with Crippen LogP contribution in [0.2, 0.25) is 0 Å². The monoisotopic (exact) mass is 215 g/mol. The summed E-state index contributed by atoms with van der Waals surface area (Å²) in [6, 6.07) is -0.295. The SMILES string of the molecule is CC(C)=C(F)C(=O)NC1CCCCC1O.